The van der Waals surface area contributed by atoms with Gasteiger partial charge in [-0.1, -0.05) is 0 Å². The van der Waals surface area contributed by atoms with Crippen molar-refractivity contribution in [3.8, 4) is 0 Å². The zero-order valence-corrected chi connectivity index (χ0v) is 11.6. The van der Waals surface area contributed by atoms with Crippen LogP contribution in [0.25, 0.3) is 0 Å². The molecular weight excluding hydrogens is 270 g/mol. The van der Waals surface area contributed by atoms with E-state index in [1.807, 2.05) is 0 Å². The molecule has 0 saturated heterocycles. The Morgan fingerprint density at radius 3 is 2.24 bits per heavy atom. The molecule has 17 heavy (non-hydrogen) atoms. The second-order valence-corrected chi connectivity index (χ2v) is 6.04. The molecule has 96 valence electrons. The summed E-state index contributed by atoms with van der Waals surface area (Å²) in [6.45, 7) is 1.11. The predicted octanol–water partition coefficient (Wildman–Crippen LogP) is -3.94. The van der Waals surface area contributed by atoms with E-state index < -0.39 is 29.5 Å². The molecule has 2 unspecified atom stereocenters. The first-order chi connectivity index (χ1) is 7.14. The third kappa shape index (κ3) is 7.21. The zero-order valence-electron chi connectivity index (χ0n) is 9.91. The van der Waals surface area contributed by atoms with E-state index in [9.17, 15) is 22.7 Å². The van der Waals surface area contributed by atoms with Crippen LogP contribution < -0.4 is 23.8 Å². The second kappa shape index (κ2) is 7.54. The molecule has 0 aromatic carbocycles. The van der Waals surface area contributed by atoms with Crippen molar-refractivity contribution in [2.24, 2.45) is 0 Å². The number of carbonyl (C=O) groups excluding carboxylic acids is 1. The number of hydrogen-bond acceptors (Lipinski definition) is 8. The van der Waals surface area contributed by atoms with E-state index in [0.717, 1.165) is 7.11 Å². The maximum Gasteiger partial charge on any atom is 1.00 e. The summed E-state index contributed by atoms with van der Waals surface area (Å²) < 4.78 is 45.3. The summed E-state index contributed by atoms with van der Waals surface area (Å²) >= 11 is 0. The van der Waals surface area contributed by atoms with Crippen LogP contribution in [0.15, 0.2) is 0 Å². The molecule has 0 rings (SSSR count). The van der Waals surface area contributed by atoms with Crippen molar-refractivity contribution in [2.75, 3.05) is 20.0 Å². The molecule has 0 fully saturated rings. The average Bonchev–Trinajstić information content (AvgIpc) is 2.11. The maximum atomic E-state index is 11.3. The van der Waals surface area contributed by atoms with Gasteiger partial charge in [0.15, 0.2) is 7.60 Å². The normalized spacial score (nSPS) is 16.5. The van der Waals surface area contributed by atoms with Crippen LogP contribution in [0, 0.1) is 0 Å². The van der Waals surface area contributed by atoms with Crippen LogP contribution in [0.3, 0.4) is 0 Å². The van der Waals surface area contributed by atoms with Gasteiger partial charge in [-0.25, -0.2) is 8.98 Å². The summed E-state index contributed by atoms with van der Waals surface area (Å²) in [6, 6.07) is 0. The van der Waals surface area contributed by atoms with E-state index in [4.69, 9.17) is 0 Å². The molecule has 0 spiro atoms. The van der Waals surface area contributed by atoms with Gasteiger partial charge < -0.3 is 18.7 Å². The fraction of sp³-hybridized carbons (Fsp3) is 0.833. The average molecular weight is 282 g/mol. The molecule has 0 N–H and O–H groups in total. The third-order valence-electron chi connectivity index (χ3n) is 1.27. The van der Waals surface area contributed by atoms with Crippen LogP contribution in [0.1, 0.15) is 6.92 Å². The van der Waals surface area contributed by atoms with Crippen LogP contribution >= 0.6 is 7.60 Å². The first-order valence-corrected chi connectivity index (χ1v) is 7.48. The number of esters is 1. The Morgan fingerprint density at radius 2 is 1.94 bits per heavy atom. The SMILES string of the molecule is CCOP(=O)([O-])C(OS(C)(=O)=O)C(=O)OC.[Li+]. The Kier molecular flexibility index (Phi) is 8.63. The largest absolute Gasteiger partial charge is 1.00 e. The zero-order chi connectivity index (χ0) is 13.0. The topological polar surface area (TPSA) is 119 Å². The molecule has 0 amide bonds. The Labute approximate surface area is 111 Å². The molecule has 0 radical (unpaired) electrons. The van der Waals surface area contributed by atoms with Gasteiger partial charge in [0, 0.05) is 0 Å². The molecule has 0 aliphatic rings. The maximum absolute atomic E-state index is 11.3. The van der Waals surface area contributed by atoms with Gasteiger partial charge in [-0.15, -0.1) is 0 Å². The standard InChI is InChI=1S/C6H13O8PS.Li/c1-4-13-15(8,9)6(5(7)12-2)14-16(3,10)11;/h6H,4H2,1-3H3,(H,8,9);/q;+1/p-1. The number of methoxy groups -OCH3 is 1. The number of carbonyl (C=O) groups is 1. The van der Waals surface area contributed by atoms with Gasteiger partial charge in [0.05, 0.1) is 20.0 Å². The van der Waals surface area contributed by atoms with E-state index >= 15 is 0 Å². The fourth-order valence-electron chi connectivity index (χ4n) is 0.735. The molecule has 2 atom stereocenters. The van der Waals surface area contributed by atoms with Crippen molar-refractivity contribution < 1.29 is 55.0 Å². The van der Waals surface area contributed by atoms with Crippen molar-refractivity contribution in [3.05, 3.63) is 0 Å². The first-order valence-electron chi connectivity index (χ1n) is 4.05. The molecule has 0 aromatic rings. The number of hydrogen-bond donors (Lipinski definition) is 0. The van der Waals surface area contributed by atoms with Gasteiger partial charge in [0.2, 0.25) is 5.85 Å². The van der Waals surface area contributed by atoms with E-state index in [1.54, 1.807) is 0 Å². The third-order valence-corrected chi connectivity index (χ3v) is 3.46. The van der Waals surface area contributed by atoms with Gasteiger partial charge in [0.25, 0.3) is 10.1 Å². The summed E-state index contributed by atoms with van der Waals surface area (Å²) in [5.74, 6) is -3.68. The van der Waals surface area contributed by atoms with E-state index in [2.05, 4.69) is 13.4 Å². The Hall–Kier alpha value is 0.127. The molecule has 8 nitrogen and oxygen atoms in total. The quantitative estimate of drug-likeness (QED) is 0.209. The van der Waals surface area contributed by atoms with Gasteiger partial charge >= 0.3 is 24.8 Å². The van der Waals surface area contributed by atoms with E-state index in [1.165, 1.54) is 6.92 Å². The van der Waals surface area contributed by atoms with Crippen molar-refractivity contribution >= 4 is 23.7 Å². The smallest absolute Gasteiger partial charge is 0.776 e. The van der Waals surface area contributed by atoms with Crippen molar-refractivity contribution in [3.63, 3.8) is 0 Å². The van der Waals surface area contributed by atoms with Crippen molar-refractivity contribution in [1.29, 1.82) is 0 Å². The minimum absolute atomic E-state index is 0. The van der Waals surface area contributed by atoms with Crippen LogP contribution in [0.4, 0.5) is 0 Å². The van der Waals surface area contributed by atoms with E-state index in [-0.39, 0.29) is 25.5 Å². The van der Waals surface area contributed by atoms with Gasteiger partial charge in [-0.2, -0.15) is 8.42 Å². The van der Waals surface area contributed by atoms with E-state index in [0.29, 0.717) is 6.26 Å². The molecule has 0 heterocycles. The van der Waals surface area contributed by atoms with Crippen LogP contribution in [-0.4, -0.2) is 40.2 Å². The fourth-order valence-corrected chi connectivity index (χ4v) is 2.89. The monoisotopic (exact) mass is 282 g/mol. The Balaban J connectivity index is 0. The number of ether oxygens (including phenoxy) is 1. The molecular formula is C6H12LiO8PS. The van der Waals surface area contributed by atoms with Gasteiger partial charge in [0.1, 0.15) is 0 Å². The summed E-state index contributed by atoms with van der Waals surface area (Å²) in [5, 5.41) is 0. The van der Waals surface area contributed by atoms with Gasteiger partial charge in [-0.3, -0.25) is 0 Å². The molecule has 0 bridgehead atoms. The van der Waals surface area contributed by atoms with Crippen LogP contribution in [0.2, 0.25) is 0 Å². The summed E-state index contributed by atoms with van der Waals surface area (Å²) in [5.41, 5.74) is 0. The molecule has 0 aromatic heterocycles. The summed E-state index contributed by atoms with van der Waals surface area (Å²) in [7, 11) is -8.03. The minimum atomic E-state index is -4.80. The van der Waals surface area contributed by atoms with Crippen LogP contribution in [-0.2, 0) is 32.9 Å². The molecule has 0 aliphatic carbocycles. The minimum Gasteiger partial charge on any atom is -0.776 e. The predicted molar refractivity (Wildman–Crippen MR) is 51.0 cm³/mol. The molecule has 11 heteroatoms. The summed E-state index contributed by atoms with van der Waals surface area (Å²) in [4.78, 5) is 22.4. The van der Waals surface area contributed by atoms with Crippen molar-refractivity contribution in [1.82, 2.24) is 0 Å². The Morgan fingerprint density at radius 1 is 1.47 bits per heavy atom. The molecule has 0 aliphatic heterocycles. The van der Waals surface area contributed by atoms with Crippen molar-refractivity contribution in [2.45, 2.75) is 12.8 Å². The second-order valence-electron chi connectivity index (χ2n) is 2.63. The summed E-state index contributed by atoms with van der Waals surface area (Å²) in [6.07, 6.45) is 0.606. The van der Waals surface area contributed by atoms with Gasteiger partial charge in [-0.05, 0) is 6.92 Å². The molecule has 0 saturated carbocycles. The Bertz CT molecular complexity index is 393. The first kappa shape index (κ1) is 19.5. The van der Waals surface area contributed by atoms with Crippen LogP contribution in [0.5, 0.6) is 0 Å². The number of rotatable bonds is 6.